The first-order valence-corrected chi connectivity index (χ1v) is 5.41. The third-order valence-corrected chi connectivity index (χ3v) is 2.36. The van der Waals surface area contributed by atoms with Gasteiger partial charge in [-0.25, -0.2) is 0 Å². The minimum absolute atomic E-state index is 0.0613. The molecule has 0 bridgehead atoms. The Morgan fingerprint density at radius 1 is 1.27 bits per heavy atom. The number of unbranched alkanes of at least 4 members (excludes halogenated alkanes) is 1. The second-order valence-electron chi connectivity index (χ2n) is 3.65. The molecule has 0 aliphatic heterocycles. The highest BCUT2D eigenvalue weighted by Gasteiger charge is 2.17. The molecule has 0 fully saturated rings. The van der Waals surface area contributed by atoms with E-state index in [-0.39, 0.29) is 18.3 Å². The fourth-order valence-electron chi connectivity index (χ4n) is 1.56. The summed E-state index contributed by atoms with van der Waals surface area (Å²) in [5.74, 6) is -1.01. The summed E-state index contributed by atoms with van der Waals surface area (Å²) in [6, 6.07) is 0. The average molecular weight is 216 g/mol. The lowest BCUT2D eigenvalue weighted by Crippen LogP contribution is -2.16. The summed E-state index contributed by atoms with van der Waals surface area (Å²) < 4.78 is 4.69. The normalized spacial score (nSPS) is 12.1. The fraction of sp³-hybridized carbons (Fsp3) is 0.818. The van der Waals surface area contributed by atoms with Crippen molar-refractivity contribution in [3.63, 3.8) is 0 Å². The Bertz CT molecular complexity index is 201. The summed E-state index contributed by atoms with van der Waals surface area (Å²) in [6.45, 7) is 2.02. The van der Waals surface area contributed by atoms with Crippen molar-refractivity contribution in [2.75, 3.05) is 7.11 Å². The topological polar surface area (TPSA) is 63.6 Å². The van der Waals surface area contributed by atoms with Crippen LogP contribution in [0.2, 0.25) is 0 Å². The largest absolute Gasteiger partial charge is 0.481 e. The van der Waals surface area contributed by atoms with E-state index in [2.05, 4.69) is 4.74 Å². The number of carbonyl (C=O) groups is 2. The number of carbonyl (C=O) groups excluding carboxylic acids is 1. The van der Waals surface area contributed by atoms with E-state index in [0.29, 0.717) is 6.42 Å². The highest BCUT2D eigenvalue weighted by molar-refractivity contribution is 5.72. The molecule has 0 aromatic rings. The number of carboxylic acids is 1. The van der Waals surface area contributed by atoms with Crippen LogP contribution in [0.1, 0.15) is 45.4 Å². The van der Waals surface area contributed by atoms with Crippen molar-refractivity contribution in [1.82, 2.24) is 0 Å². The second-order valence-corrected chi connectivity index (χ2v) is 3.65. The lowest BCUT2D eigenvalue weighted by Gasteiger charge is -2.12. The number of methoxy groups -OCH3 is 1. The Morgan fingerprint density at radius 2 is 1.93 bits per heavy atom. The highest BCUT2D eigenvalue weighted by atomic mass is 16.5. The summed E-state index contributed by atoms with van der Waals surface area (Å²) in [5, 5.41) is 8.45. The van der Waals surface area contributed by atoms with Crippen LogP contribution in [0.4, 0.5) is 0 Å². The van der Waals surface area contributed by atoms with Gasteiger partial charge in [0.1, 0.15) is 0 Å². The van der Waals surface area contributed by atoms with Crippen LogP contribution in [-0.4, -0.2) is 24.2 Å². The van der Waals surface area contributed by atoms with E-state index >= 15 is 0 Å². The third kappa shape index (κ3) is 6.94. The molecule has 0 rings (SSSR count). The summed E-state index contributed by atoms with van der Waals surface area (Å²) in [6.07, 6.45) is 4.07. The molecule has 0 radical (unpaired) electrons. The molecule has 1 N–H and O–H groups in total. The first-order chi connectivity index (χ1) is 7.11. The van der Waals surface area contributed by atoms with Crippen LogP contribution in [-0.2, 0) is 14.3 Å². The lowest BCUT2D eigenvalue weighted by molar-refractivity contribution is -0.146. The molecule has 1 unspecified atom stereocenters. The van der Waals surface area contributed by atoms with Gasteiger partial charge >= 0.3 is 11.9 Å². The van der Waals surface area contributed by atoms with E-state index in [0.717, 1.165) is 25.7 Å². The predicted molar refractivity (Wildman–Crippen MR) is 56.5 cm³/mol. The Morgan fingerprint density at radius 3 is 2.40 bits per heavy atom. The van der Waals surface area contributed by atoms with Crippen LogP contribution >= 0.6 is 0 Å². The monoisotopic (exact) mass is 216 g/mol. The van der Waals surface area contributed by atoms with E-state index in [1.165, 1.54) is 7.11 Å². The molecule has 0 amide bonds. The predicted octanol–water partition coefficient (Wildman–Crippen LogP) is 2.22. The summed E-state index contributed by atoms with van der Waals surface area (Å²) >= 11 is 0. The summed E-state index contributed by atoms with van der Waals surface area (Å²) in [7, 11) is 1.39. The molecule has 0 spiro atoms. The molecule has 0 saturated heterocycles. The van der Waals surface area contributed by atoms with Crippen LogP contribution in [0.3, 0.4) is 0 Å². The third-order valence-electron chi connectivity index (χ3n) is 2.36. The van der Waals surface area contributed by atoms with Gasteiger partial charge in [0.15, 0.2) is 0 Å². The first kappa shape index (κ1) is 13.9. The molecule has 1 atom stereocenters. The van der Waals surface area contributed by atoms with Gasteiger partial charge in [-0.3, -0.25) is 9.59 Å². The average Bonchev–Trinajstić information content (AvgIpc) is 2.21. The van der Waals surface area contributed by atoms with Gasteiger partial charge in [-0.2, -0.15) is 0 Å². The van der Waals surface area contributed by atoms with E-state index < -0.39 is 5.97 Å². The molecule has 0 aliphatic rings. The molecular weight excluding hydrogens is 196 g/mol. The Labute approximate surface area is 90.6 Å². The van der Waals surface area contributed by atoms with Crippen LogP contribution in [0.5, 0.6) is 0 Å². The van der Waals surface area contributed by atoms with Crippen molar-refractivity contribution in [1.29, 1.82) is 0 Å². The lowest BCUT2D eigenvalue weighted by atomic mass is 9.96. The Hall–Kier alpha value is -1.06. The molecule has 0 heterocycles. The van der Waals surface area contributed by atoms with Crippen LogP contribution < -0.4 is 0 Å². The van der Waals surface area contributed by atoms with Crippen molar-refractivity contribution in [2.45, 2.75) is 45.4 Å². The van der Waals surface area contributed by atoms with E-state index in [1.54, 1.807) is 0 Å². The van der Waals surface area contributed by atoms with Crippen molar-refractivity contribution in [3.05, 3.63) is 0 Å². The number of aliphatic carboxylic acids is 1. The van der Waals surface area contributed by atoms with Gasteiger partial charge in [0, 0.05) is 6.42 Å². The number of hydrogen-bond donors (Lipinski definition) is 1. The van der Waals surface area contributed by atoms with E-state index in [9.17, 15) is 9.59 Å². The van der Waals surface area contributed by atoms with Gasteiger partial charge in [-0.15, -0.1) is 0 Å². The van der Waals surface area contributed by atoms with Gasteiger partial charge in [0.05, 0.1) is 13.0 Å². The van der Waals surface area contributed by atoms with Crippen LogP contribution in [0, 0.1) is 5.92 Å². The van der Waals surface area contributed by atoms with Gasteiger partial charge in [-0.1, -0.05) is 19.8 Å². The smallest absolute Gasteiger partial charge is 0.308 e. The molecule has 88 valence electrons. The molecule has 0 aliphatic carbocycles. The Balaban J connectivity index is 3.75. The molecule has 4 heteroatoms. The quantitative estimate of drug-likeness (QED) is 0.499. The van der Waals surface area contributed by atoms with Crippen molar-refractivity contribution in [2.24, 2.45) is 5.92 Å². The molecule has 15 heavy (non-hydrogen) atoms. The number of ether oxygens (including phenoxy) is 1. The number of rotatable bonds is 8. The second kappa shape index (κ2) is 8.26. The number of carboxylic acid groups (broad SMARTS) is 1. The standard InChI is InChI=1S/C11H20O4/c1-3-6-9(11(14)15-2)7-4-5-8-10(12)13/h9H,3-8H2,1-2H3,(H,12,13). The zero-order valence-electron chi connectivity index (χ0n) is 9.49. The minimum atomic E-state index is -0.778. The highest BCUT2D eigenvalue weighted by Crippen LogP contribution is 2.17. The molecule has 4 nitrogen and oxygen atoms in total. The number of hydrogen-bond acceptors (Lipinski definition) is 3. The van der Waals surface area contributed by atoms with Gasteiger partial charge in [0.25, 0.3) is 0 Å². The Kier molecular flexibility index (Phi) is 7.68. The number of esters is 1. The maximum absolute atomic E-state index is 11.3. The van der Waals surface area contributed by atoms with Gasteiger partial charge in [0.2, 0.25) is 0 Å². The van der Waals surface area contributed by atoms with Gasteiger partial charge in [-0.05, 0) is 19.3 Å². The molecular formula is C11H20O4. The zero-order valence-corrected chi connectivity index (χ0v) is 9.49. The van der Waals surface area contributed by atoms with Gasteiger partial charge < -0.3 is 9.84 Å². The molecule has 0 aromatic heterocycles. The maximum Gasteiger partial charge on any atom is 0.308 e. The van der Waals surface area contributed by atoms with E-state index in [1.807, 2.05) is 6.92 Å². The molecule has 0 aromatic carbocycles. The summed E-state index contributed by atoms with van der Waals surface area (Å²) in [4.78, 5) is 21.6. The fourth-order valence-corrected chi connectivity index (χ4v) is 1.56. The minimum Gasteiger partial charge on any atom is -0.481 e. The zero-order chi connectivity index (χ0) is 11.7. The van der Waals surface area contributed by atoms with Crippen molar-refractivity contribution < 1.29 is 19.4 Å². The van der Waals surface area contributed by atoms with Crippen LogP contribution in [0.15, 0.2) is 0 Å². The first-order valence-electron chi connectivity index (χ1n) is 5.41. The van der Waals surface area contributed by atoms with Crippen molar-refractivity contribution >= 4 is 11.9 Å². The summed E-state index contributed by atoms with van der Waals surface area (Å²) in [5.41, 5.74) is 0. The maximum atomic E-state index is 11.3. The van der Waals surface area contributed by atoms with Crippen molar-refractivity contribution in [3.8, 4) is 0 Å². The van der Waals surface area contributed by atoms with E-state index in [4.69, 9.17) is 5.11 Å². The SMILES string of the molecule is CCCC(CCCCC(=O)O)C(=O)OC. The molecule has 0 saturated carbocycles. The van der Waals surface area contributed by atoms with Crippen LogP contribution in [0.25, 0.3) is 0 Å².